The number of hydrogen-bond donors (Lipinski definition) is 3. The molecule has 0 spiro atoms. The van der Waals surface area contributed by atoms with Crippen molar-refractivity contribution in [2.24, 2.45) is 0 Å². The summed E-state index contributed by atoms with van der Waals surface area (Å²) in [6.45, 7) is 0. The van der Waals surface area contributed by atoms with E-state index in [0.717, 1.165) is 0 Å². The minimum atomic E-state index is -4.64. The molecule has 3 N–H and O–H groups in total. The molecule has 0 aromatic rings. The molecule has 0 aliphatic carbocycles. The average molecular weight is 235 g/mol. The van der Waals surface area contributed by atoms with E-state index in [1.165, 1.54) is 0 Å². The number of phosphoric acid groups is 1. The van der Waals surface area contributed by atoms with Gasteiger partial charge in [-0.25, -0.2) is 4.57 Å². The van der Waals surface area contributed by atoms with Crippen LogP contribution in [0.3, 0.4) is 0 Å². The largest absolute Gasteiger partial charge is 0 e. The molecule has 0 atom stereocenters. The second-order valence-electron chi connectivity index (χ2n) is 0.513. The van der Waals surface area contributed by atoms with Gasteiger partial charge in [0.1, 0.15) is 0 Å². The fourth-order valence-corrected chi connectivity index (χ4v) is 0. The standard InChI is InChI=1S/Fe.H3O4P.O.Zn/c;1-5(2,3)4;;/h;(H3,1,2,3,4);;. The van der Waals surface area contributed by atoms with Gasteiger partial charge in [0.05, 0.1) is 0 Å². The van der Waals surface area contributed by atoms with E-state index in [-0.39, 0.29) is 19.5 Å². The van der Waals surface area contributed by atoms with Gasteiger partial charge in [-0.2, -0.15) is 0 Å². The molecular formula is H3FeO5PZn. The molecule has 0 radical (unpaired) electrons. The molecule has 0 aromatic carbocycles. The van der Waals surface area contributed by atoms with Crippen LogP contribution in [0, 0.1) is 0 Å². The van der Waals surface area contributed by atoms with Crippen LogP contribution in [0.15, 0.2) is 0 Å². The molecule has 0 saturated heterocycles. The van der Waals surface area contributed by atoms with E-state index in [0.29, 0.717) is 0 Å². The SMILES string of the molecule is O=P(O)(O)O.[O]=[Fe].[Zn]. The minimum Gasteiger partial charge on any atom is 0 e. The predicted octanol–water partition coefficient (Wildman–Crippen LogP) is -1.05. The quantitative estimate of drug-likeness (QED) is 0.368. The van der Waals surface area contributed by atoms with Crippen LogP contribution in [0.25, 0.3) is 0 Å². The smallest absolute Gasteiger partial charge is 0 e. The van der Waals surface area contributed by atoms with Gasteiger partial charge in [0.15, 0.2) is 0 Å². The Hall–Kier alpha value is 1.05. The van der Waals surface area contributed by atoms with Gasteiger partial charge in [-0.15, -0.1) is 0 Å². The summed E-state index contributed by atoms with van der Waals surface area (Å²) < 4.78 is 16.9. The van der Waals surface area contributed by atoms with E-state index < -0.39 is 7.82 Å². The molecule has 5 nitrogen and oxygen atoms in total. The van der Waals surface area contributed by atoms with Crippen molar-refractivity contribution < 1.29 is 58.5 Å². The zero-order chi connectivity index (χ0) is 6.50. The van der Waals surface area contributed by atoms with Gasteiger partial charge < -0.3 is 14.7 Å². The summed E-state index contributed by atoms with van der Waals surface area (Å²) in [6.07, 6.45) is 0. The first-order valence-electron chi connectivity index (χ1n) is 0.927. The molecule has 0 heterocycles. The Morgan fingerprint density at radius 1 is 1.12 bits per heavy atom. The van der Waals surface area contributed by atoms with Crippen molar-refractivity contribution in [2.75, 3.05) is 0 Å². The van der Waals surface area contributed by atoms with Gasteiger partial charge in [0.25, 0.3) is 0 Å². The summed E-state index contributed by atoms with van der Waals surface area (Å²) in [6, 6.07) is 0. The normalized spacial score (nSPS) is 8.00. The van der Waals surface area contributed by atoms with E-state index >= 15 is 0 Å². The number of rotatable bonds is 0. The van der Waals surface area contributed by atoms with Crippen molar-refractivity contribution in [3.63, 3.8) is 0 Å². The van der Waals surface area contributed by atoms with Crippen molar-refractivity contribution in [1.82, 2.24) is 0 Å². The van der Waals surface area contributed by atoms with Crippen LogP contribution < -0.4 is 0 Å². The summed E-state index contributed by atoms with van der Waals surface area (Å²) in [4.78, 5) is 21.6. The van der Waals surface area contributed by atoms with E-state index in [2.05, 4.69) is 0 Å². The molecule has 0 aliphatic heterocycles. The third-order valence-electron chi connectivity index (χ3n) is 0. The summed E-state index contributed by atoms with van der Waals surface area (Å²) in [7, 11) is -4.64. The van der Waals surface area contributed by atoms with Crippen LogP contribution >= 0.6 is 7.82 Å². The van der Waals surface area contributed by atoms with Crippen LogP contribution in [0.1, 0.15) is 0 Å². The Bertz CT molecular complexity index is 68.2. The fraction of sp³-hybridized carbons (Fsp3) is 0. The first kappa shape index (κ1) is 16.0. The average Bonchev–Trinajstić information content (AvgIpc) is 1.36. The summed E-state index contributed by atoms with van der Waals surface area (Å²) in [5.74, 6) is 0. The Labute approximate surface area is 66.5 Å². The van der Waals surface area contributed by atoms with Gasteiger partial charge in [-0.1, -0.05) is 0 Å². The topological polar surface area (TPSA) is 94.8 Å². The maximum Gasteiger partial charge on any atom is 0 e. The van der Waals surface area contributed by atoms with Crippen LogP contribution in [0.5, 0.6) is 0 Å². The summed E-state index contributed by atoms with van der Waals surface area (Å²) in [5, 5.41) is 0. The maximum atomic E-state index is 8.88. The van der Waals surface area contributed by atoms with E-state index in [1.54, 1.807) is 0 Å². The Morgan fingerprint density at radius 2 is 1.12 bits per heavy atom. The monoisotopic (exact) mass is 234 g/mol. The fourth-order valence-electron chi connectivity index (χ4n) is 0. The van der Waals surface area contributed by atoms with Gasteiger partial charge in [-0.05, 0) is 0 Å². The van der Waals surface area contributed by atoms with Gasteiger partial charge in [0, 0.05) is 19.5 Å². The third-order valence-corrected chi connectivity index (χ3v) is 0. The number of hydrogen-bond acceptors (Lipinski definition) is 2. The summed E-state index contributed by atoms with van der Waals surface area (Å²) >= 11 is 2.00. The maximum absolute atomic E-state index is 8.88. The van der Waals surface area contributed by atoms with Crippen molar-refractivity contribution in [3.8, 4) is 0 Å². The predicted molar refractivity (Wildman–Crippen MR) is 14.9 cm³/mol. The van der Waals surface area contributed by atoms with E-state index in [4.69, 9.17) is 23.1 Å². The molecule has 0 fully saturated rings. The molecule has 0 aromatic heterocycles. The van der Waals surface area contributed by atoms with Crippen molar-refractivity contribution in [2.45, 2.75) is 0 Å². The van der Waals surface area contributed by atoms with E-state index in [1.807, 2.05) is 15.9 Å². The molecule has 0 rings (SSSR count). The Morgan fingerprint density at radius 3 is 1.12 bits per heavy atom. The molecule has 48 valence electrons. The van der Waals surface area contributed by atoms with Crippen molar-refractivity contribution >= 4 is 7.82 Å². The second-order valence-corrected chi connectivity index (χ2v) is 1.54. The molecule has 8 heteroatoms. The second kappa shape index (κ2) is 8.05. The molecular weight excluding hydrogens is 232 g/mol. The van der Waals surface area contributed by atoms with Gasteiger partial charge >= 0.3 is 27.6 Å². The van der Waals surface area contributed by atoms with Crippen LogP contribution in [0.4, 0.5) is 0 Å². The third kappa shape index (κ3) is 233. The molecule has 0 unspecified atom stereocenters. The first-order valence-corrected chi connectivity index (χ1v) is 2.94. The van der Waals surface area contributed by atoms with Crippen LogP contribution in [-0.4, -0.2) is 14.7 Å². The Balaban J connectivity index is -0.0000000750. The van der Waals surface area contributed by atoms with Crippen molar-refractivity contribution in [1.29, 1.82) is 0 Å². The summed E-state index contributed by atoms with van der Waals surface area (Å²) in [5.41, 5.74) is 0. The molecule has 0 aliphatic rings. The minimum absolute atomic E-state index is 0. The molecule has 0 bridgehead atoms. The Kier molecular flexibility index (Phi) is 16.1. The molecule has 0 amide bonds. The zero-order valence-corrected chi connectivity index (χ0v) is 8.63. The van der Waals surface area contributed by atoms with Crippen molar-refractivity contribution in [3.05, 3.63) is 0 Å². The van der Waals surface area contributed by atoms with Crippen LogP contribution in [-0.2, 0) is 43.8 Å². The zero-order valence-electron chi connectivity index (χ0n) is 3.67. The van der Waals surface area contributed by atoms with Gasteiger partial charge in [-0.3, -0.25) is 0 Å². The molecule has 0 saturated carbocycles. The van der Waals surface area contributed by atoms with E-state index in [9.17, 15) is 0 Å². The molecule has 8 heavy (non-hydrogen) atoms. The van der Waals surface area contributed by atoms with Crippen LogP contribution in [0.2, 0.25) is 0 Å². The van der Waals surface area contributed by atoms with Gasteiger partial charge in [0.2, 0.25) is 0 Å². The first-order chi connectivity index (χ1) is 3.00.